The summed E-state index contributed by atoms with van der Waals surface area (Å²) < 4.78 is 5.07. The Balaban J connectivity index is 1.33. The monoisotopic (exact) mass is 644 g/mol. The molecule has 9 rings (SSSR count). The maximum absolute atomic E-state index is 10.5. The van der Waals surface area contributed by atoms with E-state index in [9.17, 15) is 10.5 Å². The first-order valence-corrected chi connectivity index (χ1v) is 17.3. The van der Waals surface area contributed by atoms with Crippen molar-refractivity contribution in [2.45, 2.75) is 0 Å². The molecule has 2 nitrogen and oxygen atoms in total. The van der Waals surface area contributed by atoms with Gasteiger partial charge in [-0.25, -0.2) is 0 Å². The van der Waals surface area contributed by atoms with Crippen LogP contribution in [0.25, 0.3) is 84.9 Å². The molecule has 0 atom stereocenters. The van der Waals surface area contributed by atoms with Crippen LogP contribution in [-0.2, 0) is 0 Å². The summed E-state index contributed by atoms with van der Waals surface area (Å²) in [7, 11) is 0. The predicted molar refractivity (Wildman–Crippen MR) is 203 cm³/mol. The molecule has 2 heterocycles. The summed E-state index contributed by atoms with van der Waals surface area (Å²) in [4.78, 5) is 0. The summed E-state index contributed by atoms with van der Waals surface area (Å²) in [5.41, 5.74) is 8.92. The Morgan fingerprint density at radius 2 is 0.896 bits per heavy atom. The topological polar surface area (TPSA) is 47.6 Å². The van der Waals surface area contributed by atoms with Crippen molar-refractivity contribution in [3.8, 4) is 56.6 Å². The van der Waals surface area contributed by atoms with E-state index in [-0.39, 0.29) is 0 Å². The third-order valence-corrected chi connectivity index (χ3v) is 11.4. The fourth-order valence-electron chi connectivity index (χ4n) is 6.87. The van der Waals surface area contributed by atoms with Crippen molar-refractivity contribution in [1.29, 1.82) is 10.5 Å². The number of hydrogen-bond donors (Lipinski definition) is 0. The minimum absolute atomic E-state index is 0.468. The summed E-state index contributed by atoms with van der Waals surface area (Å²) >= 11 is 3.63. The molecule has 0 radical (unpaired) electrons. The zero-order chi connectivity index (χ0) is 32.2. The summed E-state index contributed by atoms with van der Waals surface area (Å²) in [6.45, 7) is 0. The van der Waals surface area contributed by atoms with Gasteiger partial charge in [-0.2, -0.15) is 10.5 Å². The summed E-state index contributed by atoms with van der Waals surface area (Å²) in [6, 6.07) is 55.7. The molecule has 0 amide bonds. The van der Waals surface area contributed by atoms with Crippen LogP contribution in [0.4, 0.5) is 0 Å². The van der Waals surface area contributed by atoms with Gasteiger partial charge in [-0.05, 0) is 106 Å². The molecule has 0 aliphatic heterocycles. The molecule has 0 aliphatic carbocycles. The molecule has 7 aromatic carbocycles. The Labute approximate surface area is 285 Å². The average molecular weight is 645 g/mol. The van der Waals surface area contributed by atoms with Crippen molar-refractivity contribution in [2.24, 2.45) is 0 Å². The Kier molecular flexibility index (Phi) is 6.66. The van der Waals surface area contributed by atoms with Crippen molar-refractivity contribution in [1.82, 2.24) is 0 Å². The molecule has 48 heavy (non-hydrogen) atoms. The third kappa shape index (κ3) is 4.67. The number of fused-ring (bicyclic) bond motifs is 6. The molecule has 0 fully saturated rings. The van der Waals surface area contributed by atoms with Gasteiger partial charge in [-0.1, -0.05) is 78.9 Å². The maximum Gasteiger partial charge on any atom is 0.0998 e. The molecule has 0 N–H and O–H groups in total. The molecule has 0 saturated heterocycles. The van der Waals surface area contributed by atoms with Crippen molar-refractivity contribution >= 4 is 63.0 Å². The number of thiophene rings is 2. The highest BCUT2D eigenvalue weighted by atomic mass is 32.1. The van der Waals surface area contributed by atoms with Gasteiger partial charge in [-0.3, -0.25) is 0 Å². The average Bonchev–Trinajstić information content (AvgIpc) is 3.72. The molecule has 0 unspecified atom stereocenters. The van der Waals surface area contributed by atoms with Crippen molar-refractivity contribution in [3.05, 3.63) is 157 Å². The fraction of sp³-hybridized carbons (Fsp3) is 0. The molecular formula is C44H24N2S2. The molecule has 0 saturated carbocycles. The van der Waals surface area contributed by atoms with E-state index >= 15 is 0 Å². The van der Waals surface area contributed by atoms with E-state index in [2.05, 4.69) is 115 Å². The lowest BCUT2D eigenvalue weighted by molar-refractivity contribution is 1.44. The van der Waals surface area contributed by atoms with Crippen LogP contribution in [0.2, 0.25) is 0 Å². The second-order valence-electron chi connectivity index (χ2n) is 12.0. The Morgan fingerprint density at radius 1 is 0.375 bits per heavy atom. The molecule has 0 aliphatic rings. The summed E-state index contributed by atoms with van der Waals surface area (Å²) in [5.74, 6) is 0. The van der Waals surface area contributed by atoms with E-state index < -0.39 is 0 Å². The number of hydrogen-bond acceptors (Lipinski definition) is 4. The van der Waals surface area contributed by atoms with Gasteiger partial charge in [0, 0.05) is 45.9 Å². The van der Waals surface area contributed by atoms with E-state index in [1.807, 2.05) is 59.1 Å². The second kappa shape index (κ2) is 11.3. The molecule has 222 valence electrons. The van der Waals surface area contributed by atoms with E-state index in [1.54, 1.807) is 6.07 Å². The van der Waals surface area contributed by atoms with Gasteiger partial charge >= 0.3 is 0 Å². The van der Waals surface area contributed by atoms with Crippen LogP contribution in [0.1, 0.15) is 11.1 Å². The minimum Gasteiger partial charge on any atom is -0.192 e. The lowest BCUT2D eigenvalue weighted by Gasteiger charge is -2.17. The minimum atomic E-state index is 0.468. The van der Waals surface area contributed by atoms with Gasteiger partial charge in [0.2, 0.25) is 0 Å². The first kappa shape index (κ1) is 28.2. The van der Waals surface area contributed by atoms with Crippen LogP contribution in [0.3, 0.4) is 0 Å². The van der Waals surface area contributed by atoms with Crippen molar-refractivity contribution in [2.75, 3.05) is 0 Å². The summed E-state index contributed by atoms with van der Waals surface area (Å²) in [6.07, 6.45) is 0. The third-order valence-electron chi connectivity index (χ3n) is 9.11. The van der Waals surface area contributed by atoms with Gasteiger partial charge in [0.15, 0.2) is 0 Å². The first-order valence-electron chi connectivity index (χ1n) is 15.7. The Morgan fingerprint density at radius 3 is 1.46 bits per heavy atom. The van der Waals surface area contributed by atoms with E-state index in [1.165, 1.54) is 40.3 Å². The van der Waals surface area contributed by atoms with Gasteiger partial charge < -0.3 is 0 Å². The zero-order valence-electron chi connectivity index (χ0n) is 25.6. The largest absolute Gasteiger partial charge is 0.192 e. The van der Waals surface area contributed by atoms with Crippen LogP contribution in [0.15, 0.2) is 146 Å². The molecular weight excluding hydrogens is 621 g/mol. The maximum atomic E-state index is 10.5. The van der Waals surface area contributed by atoms with Crippen molar-refractivity contribution < 1.29 is 0 Å². The first-order chi connectivity index (χ1) is 23.7. The van der Waals surface area contributed by atoms with Gasteiger partial charge in [0.25, 0.3) is 0 Å². The summed E-state index contributed by atoms with van der Waals surface area (Å²) in [5, 5.41) is 25.4. The number of nitrogens with zero attached hydrogens (tertiary/aromatic N) is 2. The standard InChI is InChI=1S/C44H24N2S2/c45-25-27-18-34(26-46)44(37(19-27)28-8-2-1-3-9-28)33-21-31(29-14-16-42-38(23-29)35-10-4-6-12-40(35)47-42)20-32(22-33)30-15-17-43-39(24-30)36-11-5-7-13-41(36)48-43/h1-24H. The van der Waals surface area contributed by atoms with E-state index in [0.29, 0.717) is 11.1 Å². The van der Waals surface area contributed by atoms with Crippen LogP contribution >= 0.6 is 22.7 Å². The highest BCUT2D eigenvalue weighted by Crippen LogP contribution is 2.43. The normalized spacial score (nSPS) is 11.3. The van der Waals surface area contributed by atoms with Gasteiger partial charge in [-0.15, -0.1) is 22.7 Å². The van der Waals surface area contributed by atoms with Crippen LogP contribution in [0, 0.1) is 22.7 Å². The van der Waals surface area contributed by atoms with E-state index in [4.69, 9.17) is 0 Å². The van der Waals surface area contributed by atoms with Crippen LogP contribution < -0.4 is 0 Å². The van der Waals surface area contributed by atoms with Crippen molar-refractivity contribution in [3.63, 3.8) is 0 Å². The smallest absolute Gasteiger partial charge is 0.0998 e. The van der Waals surface area contributed by atoms with Gasteiger partial charge in [0.1, 0.15) is 0 Å². The number of nitriles is 2. The molecule has 2 aromatic heterocycles. The fourth-order valence-corrected chi connectivity index (χ4v) is 9.04. The Hall–Kier alpha value is -6.04. The quantitative estimate of drug-likeness (QED) is 0.191. The van der Waals surface area contributed by atoms with E-state index in [0.717, 1.165) is 44.5 Å². The molecule has 4 heteroatoms. The number of benzene rings is 7. The Bertz CT molecular complexity index is 2680. The van der Waals surface area contributed by atoms with Crippen LogP contribution in [-0.4, -0.2) is 0 Å². The molecule has 0 bridgehead atoms. The highest BCUT2D eigenvalue weighted by molar-refractivity contribution is 7.26. The number of rotatable bonds is 4. The van der Waals surface area contributed by atoms with Gasteiger partial charge in [0.05, 0.1) is 23.3 Å². The zero-order valence-corrected chi connectivity index (χ0v) is 27.2. The lowest BCUT2D eigenvalue weighted by Crippen LogP contribution is -1.94. The lowest BCUT2D eigenvalue weighted by atomic mass is 9.86. The predicted octanol–water partition coefficient (Wildman–Crippen LogP) is 12.8. The second-order valence-corrected chi connectivity index (χ2v) is 14.1. The molecule has 0 spiro atoms. The SMILES string of the molecule is N#Cc1cc(C#N)c(-c2cc(-c3ccc4sc5ccccc5c4c3)cc(-c3ccc4sc5ccccc5c4c3)c2)c(-c2ccccc2)c1. The highest BCUT2D eigenvalue weighted by Gasteiger charge is 2.18. The molecule has 9 aromatic rings. The van der Waals surface area contributed by atoms with Crippen LogP contribution in [0.5, 0.6) is 0 Å².